The molecule has 2 rings (SSSR count). The van der Waals surface area contributed by atoms with Crippen LogP contribution in [-0.2, 0) is 14.8 Å². The molecule has 0 aliphatic heterocycles. The number of sulfonamides is 1. The highest BCUT2D eigenvalue weighted by atomic mass is 32.2. The van der Waals surface area contributed by atoms with Gasteiger partial charge in [-0.1, -0.05) is 36.4 Å². The number of nitrogens with zero attached hydrogens (tertiary/aromatic N) is 2. The van der Waals surface area contributed by atoms with E-state index in [-0.39, 0.29) is 11.3 Å². The third-order valence-corrected chi connectivity index (χ3v) is 6.14. The van der Waals surface area contributed by atoms with E-state index in [0.717, 1.165) is 9.80 Å². The fraction of sp³-hybridized carbons (Fsp3) is 0.389. The molecule has 0 aliphatic carbocycles. The number of fused-ring (bicyclic) bond motifs is 1. The number of hydrogen-bond donors (Lipinski definition) is 2. The smallest absolute Gasteiger partial charge is 0.323 e. The van der Waals surface area contributed by atoms with E-state index in [4.69, 9.17) is 5.73 Å². The van der Waals surface area contributed by atoms with E-state index in [9.17, 15) is 18.3 Å². The summed E-state index contributed by atoms with van der Waals surface area (Å²) < 4.78 is 27.7. The first-order valence-corrected chi connectivity index (χ1v) is 9.87. The van der Waals surface area contributed by atoms with Crippen LogP contribution in [0.2, 0.25) is 0 Å². The zero-order valence-electron chi connectivity index (χ0n) is 15.0. The van der Waals surface area contributed by atoms with Crippen molar-refractivity contribution in [2.75, 3.05) is 20.6 Å². The quantitative estimate of drug-likeness (QED) is 0.509. The van der Waals surface area contributed by atoms with Gasteiger partial charge in [-0.3, -0.25) is 4.79 Å². The summed E-state index contributed by atoms with van der Waals surface area (Å²) in [5, 5.41) is 12.3. The van der Waals surface area contributed by atoms with Crippen LogP contribution in [0.3, 0.4) is 0 Å². The van der Waals surface area contributed by atoms with Crippen LogP contribution in [0.5, 0.6) is 0 Å². The van der Waals surface area contributed by atoms with Gasteiger partial charge < -0.3 is 10.8 Å². The molecule has 26 heavy (non-hydrogen) atoms. The van der Waals surface area contributed by atoms with Crippen LogP contribution in [0, 0.1) is 0 Å². The number of hydrogen-bond acceptors (Lipinski definition) is 5. The van der Waals surface area contributed by atoms with Crippen molar-refractivity contribution in [1.82, 2.24) is 9.42 Å². The first-order chi connectivity index (χ1) is 12.3. The molecule has 8 heteroatoms. The van der Waals surface area contributed by atoms with Crippen LogP contribution < -0.4 is 5.73 Å². The number of nitrogens with two attached hydrogens (primary N) is 1. The topological polar surface area (TPSA) is 104 Å². The van der Waals surface area contributed by atoms with Gasteiger partial charge in [0.05, 0.1) is 4.90 Å². The molecule has 1 atom stereocenters. The van der Waals surface area contributed by atoms with Crippen molar-refractivity contribution in [2.45, 2.75) is 30.2 Å². The Hall–Kier alpha value is -2.00. The van der Waals surface area contributed by atoms with E-state index in [2.05, 4.69) is 0 Å². The Kier molecular flexibility index (Phi) is 6.71. The molecule has 0 saturated heterocycles. The molecule has 2 aromatic carbocycles. The Balaban J connectivity index is 2.54. The van der Waals surface area contributed by atoms with Crippen molar-refractivity contribution in [1.29, 1.82) is 0 Å². The number of carboxylic acid groups (broad SMARTS) is 1. The molecule has 0 heterocycles. The van der Waals surface area contributed by atoms with Crippen molar-refractivity contribution >= 4 is 26.8 Å². The minimum Gasteiger partial charge on any atom is -0.480 e. The molecule has 0 aliphatic rings. The molecule has 0 spiro atoms. The predicted molar refractivity (Wildman–Crippen MR) is 101 cm³/mol. The van der Waals surface area contributed by atoms with Crippen LogP contribution in [0.1, 0.15) is 19.3 Å². The minimum absolute atomic E-state index is 0.0920. The molecule has 0 fully saturated rings. The molecule has 0 radical (unpaired) electrons. The first-order valence-electron chi connectivity index (χ1n) is 8.43. The van der Waals surface area contributed by atoms with Gasteiger partial charge in [-0.15, -0.1) is 4.41 Å². The Bertz CT molecular complexity index is 862. The maximum Gasteiger partial charge on any atom is 0.323 e. The summed E-state index contributed by atoms with van der Waals surface area (Å²) in [5.74, 6) is -1.18. The van der Waals surface area contributed by atoms with E-state index in [1.807, 2.05) is 18.2 Å². The van der Waals surface area contributed by atoms with E-state index in [1.165, 1.54) is 25.2 Å². The molecular weight excluding hydrogens is 354 g/mol. The summed E-state index contributed by atoms with van der Waals surface area (Å²) >= 11 is 0. The Labute approximate surface area is 154 Å². The van der Waals surface area contributed by atoms with Crippen LogP contribution in [-0.4, -0.2) is 55.6 Å². The second kappa shape index (κ2) is 8.59. The Morgan fingerprint density at radius 1 is 1.12 bits per heavy atom. The van der Waals surface area contributed by atoms with Crippen LogP contribution in [0.15, 0.2) is 47.4 Å². The van der Waals surface area contributed by atoms with Gasteiger partial charge in [-0.25, -0.2) is 13.4 Å². The number of carbonyl (C=O) groups is 1. The highest BCUT2D eigenvalue weighted by Crippen LogP contribution is 2.28. The van der Waals surface area contributed by atoms with E-state index < -0.39 is 22.0 Å². The molecule has 0 bridgehead atoms. The summed E-state index contributed by atoms with van der Waals surface area (Å²) in [6, 6.07) is 10.9. The molecule has 7 nitrogen and oxygen atoms in total. The molecule has 0 amide bonds. The van der Waals surface area contributed by atoms with Crippen molar-refractivity contribution < 1.29 is 18.3 Å². The number of carboxylic acids is 1. The number of benzene rings is 2. The summed E-state index contributed by atoms with van der Waals surface area (Å²) in [5.41, 5.74) is 5.48. The number of aliphatic carboxylic acids is 1. The zero-order chi connectivity index (χ0) is 19.3. The lowest BCUT2D eigenvalue weighted by molar-refractivity contribution is -0.145. The van der Waals surface area contributed by atoms with E-state index in [1.54, 1.807) is 18.2 Å². The molecule has 142 valence electrons. The lowest BCUT2D eigenvalue weighted by atomic mass is 10.1. The first kappa shape index (κ1) is 20.3. The molecule has 0 aromatic heterocycles. The second-order valence-corrected chi connectivity index (χ2v) is 8.00. The zero-order valence-corrected chi connectivity index (χ0v) is 15.8. The lowest BCUT2D eigenvalue weighted by Gasteiger charge is -2.33. The van der Waals surface area contributed by atoms with Gasteiger partial charge in [-0.05, 0) is 37.3 Å². The van der Waals surface area contributed by atoms with Crippen molar-refractivity contribution in [3.63, 3.8) is 0 Å². The van der Waals surface area contributed by atoms with Crippen molar-refractivity contribution in [3.05, 3.63) is 42.5 Å². The maximum atomic E-state index is 13.4. The molecule has 0 saturated carbocycles. The molecule has 0 unspecified atom stereocenters. The standard InChI is InChI=1S/C18H25N3O4S/c1-20(2)21(16(18(22)23)11-5-6-13-19)26(24,25)17-12-7-9-14-8-3-4-10-15(14)17/h3-4,7-10,12,16H,5-6,11,13,19H2,1-2H3,(H,22,23)/t16-/m0/s1. The number of unbranched alkanes of at least 4 members (excludes halogenated alkanes) is 1. The summed E-state index contributed by atoms with van der Waals surface area (Å²) in [4.78, 5) is 11.9. The SMILES string of the molecule is CN(C)N([C@@H](CCCCN)C(=O)O)S(=O)(=O)c1cccc2ccccc12. The van der Waals surface area contributed by atoms with Crippen molar-refractivity contribution in [2.24, 2.45) is 5.73 Å². The third kappa shape index (κ3) is 4.21. The fourth-order valence-electron chi connectivity index (χ4n) is 2.99. The van der Waals surface area contributed by atoms with Gasteiger partial charge in [0.15, 0.2) is 0 Å². The van der Waals surface area contributed by atoms with Crippen LogP contribution in [0.4, 0.5) is 0 Å². The highest BCUT2D eigenvalue weighted by molar-refractivity contribution is 7.89. The molecule has 3 N–H and O–H groups in total. The van der Waals surface area contributed by atoms with E-state index >= 15 is 0 Å². The highest BCUT2D eigenvalue weighted by Gasteiger charge is 2.38. The lowest BCUT2D eigenvalue weighted by Crippen LogP contribution is -2.52. The number of rotatable bonds is 9. The average molecular weight is 379 g/mol. The molecule has 2 aromatic rings. The monoisotopic (exact) mass is 379 g/mol. The Morgan fingerprint density at radius 3 is 2.38 bits per heavy atom. The van der Waals surface area contributed by atoms with Gasteiger partial charge in [-0.2, -0.15) is 0 Å². The van der Waals surface area contributed by atoms with E-state index in [0.29, 0.717) is 24.8 Å². The van der Waals surface area contributed by atoms with Crippen LogP contribution >= 0.6 is 0 Å². The Morgan fingerprint density at radius 2 is 1.77 bits per heavy atom. The molecular formula is C18H25N3O4S. The second-order valence-electron chi connectivity index (χ2n) is 6.24. The van der Waals surface area contributed by atoms with Crippen LogP contribution in [0.25, 0.3) is 10.8 Å². The number of hydrazine groups is 1. The normalized spacial score (nSPS) is 13.4. The third-order valence-electron chi connectivity index (χ3n) is 4.15. The average Bonchev–Trinajstić information content (AvgIpc) is 2.59. The summed E-state index contributed by atoms with van der Waals surface area (Å²) in [7, 11) is -1.00. The van der Waals surface area contributed by atoms with Gasteiger partial charge in [0.25, 0.3) is 10.0 Å². The summed E-state index contributed by atoms with van der Waals surface area (Å²) in [6.45, 7) is 0.435. The fourth-order valence-corrected chi connectivity index (χ4v) is 4.87. The largest absolute Gasteiger partial charge is 0.480 e. The maximum absolute atomic E-state index is 13.4. The van der Waals surface area contributed by atoms with Gasteiger partial charge in [0.2, 0.25) is 0 Å². The summed E-state index contributed by atoms with van der Waals surface area (Å²) in [6.07, 6.45) is 1.36. The van der Waals surface area contributed by atoms with Gasteiger partial charge in [0.1, 0.15) is 6.04 Å². The minimum atomic E-state index is -4.06. The van der Waals surface area contributed by atoms with Crippen molar-refractivity contribution in [3.8, 4) is 0 Å². The van der Waals surface area contributed by atoms with Gasteiger partial charge in [0, 0.05) is 19.5 Å². The van der Waals surface area contributed by atoms with Gasteiger partial charge >= 0.3 is 5.97 Å². The predicted octanol–water partition coefficient (Wildman–Crippen LogP) is 1.89.